The van der Waals surface area contributed by atoms with Gasteiger partial charge in [0.2, 0.25) is 0 Å². The van der Waals surface area contributed by atoms with Gasteiger partial charge in [0.15, 0.2) is 0 Å². The molecule has 4 N–H and O–H groups in total. The van der Waals surface area contributed by atoms with Crippen LogP contribution in [0.3, 0.4) is 0 Å². The van der Waals surface area contributed by atoms with Gasteiger partial charge in [-0.25, -0.2) is 14.8 Å². The van der Waals surface area contributed by atoms with Crippen LogP contribution in [0.15, 0.2) is 18.5 Å². The number of nitrogens with one attached hydrogen (secondary N) is 1. The van der Waals surface area contributed by atoms with Gasteiger partial charge < -0.3 is 30.5 Å². The zero-order valence-corrected chi connectivity index (χ0v) is 23.2. The number of aromatic nitrogens is 2. The first-order valence-electron chi connectivity index (χ1n) is 13.8. The number of carbonyl (C=O) groups excluding carboxylic acids is 1. The lowest BCUT2D eigenvalue weighted by atomic mass is 9.71. The van der Waals surface area contributed by atoms with Crippen molar-refractivity contribution in [3.8, 4) is 17.0 Å². The number of β-amino-alcohol motifs (C(OH)–C–C–N with tert-alkyl or cyclic N) is 1. The molecular weight excluding hydrogens is 482 g/mol. The van der Waals surface area contributed by atoms with Gasteiger partial charge in [-0.3, -0.25) is 0 Å². The van der Waals surface area contributed by atoms with Crippen molar-refractivity contribution in [2.45, 2.75) is 102 Å². The Labute approximate surface area is 225 Å². The molecule has 3 aliphatic rings. The molecule has 9 heteroatoms. The second-order valence-electron chi connectivity index (χ2n) is 12.6. The number of carbonyl (C=O) groups is 1. The van der Waals surface area contributed by atoms with E-state index in [1.807, 2.05) is 26.8 Å². The molecule has 1 aromatic heterocycles. The number of rotatable bonds is 4. The number of anilines is 2. The molecule has 0 radical (unpaired) electrons. The van der Waals surface area contributed by atoms with E-state index in [0.29, 0.717) is 12.4 Å². The summed E-state index contributed by atoms with van der Waals surface area (Å²) >= 11 is 0. The summed E-state index contributed by atoms with van der Waals surface area (Å²) in [5.74, 6) is 1.38. The van der Waals surface area contributed by atoms with Gasteiger partial charge in [0.05, 0.1) is 23.6 Å². The summed E-state index contributed by atoms with van der Waals surface area (Å²) in [6, 6.07) is 4.23. The summed E-state index contributed by atoms with van der Waals surface area (Å²) in [5, 5.41) is 13.4. The van der Waals surface area contributed by atoms with Gasteiger partial charge in [-0.15, -0.1) is 0 Å². The number of benzene rings is 1. The highest BCUT2D eigenvalue weighted by Crippen LogP contribution is 2.50. The maximum Gasteiger partial charge on any atom is 0.407 e. The standard InChI is InChI=1S/C29H41N5O4/c1-28(2,3)38-27(36)33-17-6-8-19(9-7-17)37-22-11-10-20-21(25(22)34-13-12-18(35)15-34)14-29(4,5)23-24(20)31-16-32-26(23)30/h10-11,16-19,35H,6-9,12-15H2,1-5H3,(H,33,36)(H2,30,31,32)/t17-,18?,19-. The highest BCUT2D eigenvalue weighted by molar-refractivity contribution is 5.83. The highest BCUT2D eigenvalue weighted by atomic mass is 16.6. The molecule has 2 heterocycles. The number of nitrogen functional groups attached to an aromatic ring is 1. The lowest BCUT2D eigenvalue weighted by Crippen LogP contribution is -2.42. The molecule has 0 spiro atoms. The number of fused-ring (bicyclic) bond motifs is 3. The fourth-order valence-corrected chi connectivity index (χ4v) is 6.18. The van der Waals surface area contributed by atoms with Crippen LogP contribution in [0.2, 0.25) is 0 Å². The van der Waals surface area contributed by atoms with Crippen molar-refractivity contribution in [1.29, 1.82) is 0 Å². The summed E-state index contributed by atoms with van der Waals surface area (Å²) in [5.41, 5.74) is 10.7. The molecule has 206 valence electrons. The largest absolute Gasteiger partial charge is 0.488 e. The van der Waals surface area contributed by atoms with E-state index in [9.17, 15) is 9.90 Å². The minimum Gasteiger partial charge on any atom is -0.488 e. The number of hydrogen-bond donors (Lipinski definition) is 3. The maximum atomic E-state index is 12.2. The number of aliphatic hydroxyl groups is 1. The first-order valence-corrected chi connectivity index (χ1v) is 13.8. The Morgan fingerprint density at radius 1 is 1.16 bits per heavy atom. The molecule has 9 nitrogen and oxygen atoms in total. The molecule has 38 heavy (non-hydrogen) atoms. The van der Waals surface area contributed by atoms with Crippen molar-refractivity contribution in [2.75, 3.05) is 23.7 Å². The average molecular weight is 524 g/mol. The van der Waals surface area contributed by atoms with Crippen molar-refractivity contribution in [1.82, 2.24) is 15.3 Å². The fourth-order valence-electron chi connectivity index (χ4n) is 6.18. The number of ether oxygens (including phenoxy) is 2. The van der Waals surface area contributed by atoms with Crippen LogP contribution < -0.4 is 20.7 Å². The molecule has 1 unspecified atom stereocenters. The topological polar surface area (TPSA) is 123 Å². The fraction of sp³-hybridized carbons (Fsp3) is 0.621. The Kier molecular flexibility index (Phi) is 6.92. The molecule has 1 saturated heterocycles. The predicted molar refractivity (Wildman–Crippen MR) is 147 cm³/mol. The molecule has 2 aromatic rings. The summed E-state index contributed by atoms with van der Waals surface area (Å²) in [6.45, 7) is 11.3. The van der Waals surface area contributed by atoms with Gasteiger partial charge in [0.25, 0.3) is 0 Å². The monoisotopic (exact) mass is 523 g/mol. The van der Waals surface area contributed by atoms with Gasteiger partial charge in [-0.2, -0.15) is 0 Å². The molecule has 1 saturated carbocycles. The highest BCUT2D eigenvalue weighted by Gasteiger charge is 2.39. The van der Waals surface area contributed by atoms with E-state index in [4.69, 9.17) is 15.2 Å². The number of amides is 1. The van der Waals surface area contributed by atoms with Crippen LogP contribution >= 0.6 is 0 Å². The summed E-state index contributed by atoms with van der Waals surface area (Å²) < 4.78 is 12.1. The molecule has 2 aliphatic carbocycles. The zero-order valence-electron chi connectivity index (χ0n) is 23.2. The predicted octanol–water partition coefficient (Wildman–Crippen LogP) is 4.35. The van der Waals surface area contributed by atoms with Crippen LogP contribution in [0.4, 0.5) is 16.3 Å². The van der Waals surface area contributed by atoms with Gasteiger partial charge in [-0.05, 0) is 82.4 Å². The van der Waals surface area contributed by atoms with Crippen molar-refractivity contribution in [3.05, 3.63) is 29.6 Å². The van der Waals surface area contributed by atoms with Crippen molar-refractivity contribution >= 4 is 17.6 Å². The van der Waals surface area contributed by atoms with E-state index in [1.165, 1.54) is 11.9 Å². The van der Waals surface area contributed by atoms with Crippen molar-refractivity contribution in [3.63, 3.8) is 0 Å². The van der Waals surface area contributed by atoms with E-state index in [2.05, 4.69) is 40.1 Å². The first-order chi connectivity index (χ1) is 17.9. The van der Waals surface area contributed by atoms with Gasteiger partial charge >= 0.3 is 6.09 Å². The van der Waals surface area contributed by atoms with Gasteiger partial charge in [-0.1, -0.05) is 13.8 Å². The molecular formula is C29H41N5O4. The number of nitrogens with two attached hydrogens (primary N) is 1. The minimum absolute atomic E-state index is 0.0536. The molecule has 1 aromatic carbocycles. The Balaban J connectivity index is 1.39. The number of nitrogens with zero attached hydrogens (tertiary/aromatic N) is 3. The van der Waals surface area contributed by atoms with E-state index >= 15 is 0 Å². The smallest absolute Gasteiger partial charge is 0.407 e. The van der Waals surface area contributed by atoms with Crippen molar-refractivity contribution in [2.24, 2.45) is 0 Å². The summed E-state index contributed by atoms with van der Waals surface area (Å²) in [6.07, 6.45) is 5.75. The Morgan fingerprint density at radius 3 is 2.55 bits per heavy atom. The molecule has 1 aliphatic heterocycles. The lowest BCUT2D eigenvalue weighted by Gasteiger charge is -2.38. The quantitative estimate of drug-likeness (QED) is 0.541. The van der Waals surface area contributed by atoms with Gasteiger partial charge in [0, 0.05) is 30.3 Å². The Morgan fingerprint density at radius 2 is 1.89 bits per heavy atom. The summed E-state index contributed by atoms with van der Waals surface area (Å²) in [7, 11) is 0. The number of aliphatic hydroxyl groups excluding tert-OH is 1. The van der Waals surface area contributed by atoms with Crippen LogP contribution in [0.25, 0.3) is 11.3 Å². The van der Waals surface area contributed by atoms with Gasteiger partial charge in [0.1, 0.15) is 23.5 Å². The molecule has 2 fully saturated rings. The third-order valence-corrected chi connectivity index (χ3v) is 7.84. The Bertz CT molecular complexity index is 1200. The van der Waals surface area contributed by atoms with Crippen LogP contribution in [-0.4, -0.2) is 58.1 Å². The summed E-state index contributed by atoms with van der Waals surface area (Å²) in [4.78, 5) is 23.4. The Hall–Kier alpha value is -3.07. The van der Waals surface area contributed by atoms with E-state index in [1.54, 1.807) is 0 Å². The average Bonchev–Trinajstić information content (AvgIpc) is 3.24. The van der Waals surface area contributed by atoms with Crippen LogP contribution in [0.1, 0.15) is 77.8 Å². The second-order valence-corrected chi connectivity index (χ2v) is 12.6. The molecule has 5 rings (SSSR count). The van der Waals surface area contributed by atoms with E-state index in [-0.39, 0.29) is 29.8 Å². The number of hydrogen-bond acceptors (Lipinski definition) is 8. The van der Waals surface area contributed by atoms with E-state index < -0.39 is 5.60 Å². The second kappa shape index (κ2) is 9.91. The van der Waals surface area contributed by atoms with Crippen molar-refractivity contribution < 1.29 is 19.4 Å². The molecule has 1 amide bonds. The van der Waals surface area contributed by atoms with Crippen LogP contribution in [0, 0.1) is 0 Å². The third-order valence-electron chi connectivity index (χ3n) is 7.84. The molecule has 1 atom stereocenters. The molecule has 0 bridgehead atoms. The normalized spacial score (nSPS) is 24.4. The first kappa shape index (κ1) is 26.5. The van der Waals surface area contributed by atoms with Crippen LogP contribution in [0.5, 0.6) is 5.75 Å². The zero-order chi connectivity index (χ0) is 27.2. The third kappa shape index (κ3) is 5.39. The maximum absolute atomic E-state index is 12.2. The number of alkyl carbamates (subject to hydrolysis) is 1. The van der Waals surface area contributed by atoms with E-state index in [0.717, 1.165) is 73.3 Å². The van der Waals surface area contributed by atoms with Crippen LogP contribution in [-0.2, 0) is 16.6 Å². The minimum atomic E-state index is -0.511. The SMILES string of the molecule is CC(C)(C)OC(=O)N[C@H]1CC[C@H](Oc2ccc3c(c2N2CCC(O)C2)CC(C)(C)c2c(N)ncnc2-3)CC1. The lowest BCUT2D eigenvalue weighted by molar-refractivity contribution is 0.0471.